The van der Waals surface area contributed by atoms with Gasteiger partial charge in [-0.1, -0.05) is 27.8 Å². The van der Waals surface area contributed by atoms with Gasteiger partial charge in [0, 0.05) is 17.3 Å². The minimum Gasteiger partial charge on any atom is -0.392 e. The fourth-order valence-electron chi connectivity index (χ4n) is 1.23. The maximum absolute atomic E-state index is 12.4. The third-order valence-corrected chi connectivity index (χ3v) is 2.44. The lowest BCUT2D eigenvalue weighted by molar-refractivity contribution is -0.137. The molecule has 92 valence electrons. The molecule has 17 heavy (non-hydrogen) atoms. The molecule has 1 N–H and O–H groups in total. The number of rotatable bonds is 2. The predicted octanol–water partition coefficient (Wildman–Crippen LogP) is 3.33. The summed E-state index contributed by atoms with van der Waals surface area (Å²) in [6.07, 6.45) is -3.79. The van der Waals surface area contributed by atoms with Crippen LogP contribution in [-0.2, 0) is 12.8 Å². The molecule has 1 nitrogen and oxygen atoms in total. The lowest BCUT2D eigenvalue weighted by Gasteiger charge is -2.09. The highest BCUT2D eigenvalue weighted by molar-refractivity contribution is 9.09. The van der Waals surface area contributed by atoms with E-state index in [9.17, 15) is 13.2 Å². The van der Waals surface area contributed by atoms with Crippen LogP contribution in [0.15, 0.2) is 18.2 Å². The number of benzene rings is 1. The molecule has 0 aromatic heterocycles. The van der Waals surface area contributed by atoms with Crippen LogP contribution in [0.1, 0.15) is 23.1 Å². The van der Waals surface area contributed by atoms with E-state index in [-0.39, 0.29) is 5.56 Å². The van der Waals surface area contributed by atoms with Crippen molar-refractivity contribution in [1.29, 1.82) is 0 Å². The van der Waals surface area contributed by atoms with Gasteiger partial charge in [0.2, 0.25) is 0 Å². The van der Waals surface area contributed by atoms with E-state index in [1.807, 2.05) is 0 Å². The van der Waals surface area contributed by atoms with Crippen LogP contribution in [0.4, 0.5) is 13.2 Å². The van der Waals surface area contributed by atoms with Crippen molar-refractivity contribution in [2.24, 2.45) is 0 Å². The van der Waals surface area contributed by atoms with Crippen LogP contribution in [-0.4, -0.2) is 10.4 Å². The zero-order chi connectivity index (χ0) is 12.9. The molecule has 0 spiro atoms. The van der Waals surface area contributed by atoms with Crippen LogP contribution in [0.5, 0.6) is 0 Å². The molecule has 0 aliphatic carbocycles. The summed E-state index contributed by atoms with van der Waals surface area (Å²) in [5.41, 5.74) is -0.143. The molecular formula is C12H10BrF3O. The van der Waals surface area contributed by atoms with Crippen LogP contribution in [0, 0.1) is 11.8 Å². The Morgan fingerprint density at radius 3 is 2.53 bits per heavy atom. The summed E-state index contributed by atoms with van der Waals surface area (Å²) in [4.78, 5) is 0. The van der Waals surface area contributed by atoms with Gasteiger partial charge in [0.25, 0.3) is 0 Å². The lowest BCUT2D eigenvalue weighted by Crippen LogP contribution is -2.06. The van der Waals surface area contributed by atoms with E-state index in [0.717, 1.165) is 12.1 Å². The first kappa shape index (κ1) is 14.1. The summed E-state index contributed by atoms with van der Waals surface area (Å²) in [7, 11) is 0. The third-order valence-electron chi connectivity index (χ3n) is 2.05. The largest absolute Gasteiger partial charge is 0.416 e. The molecule has 1 rings (SSSR count). The summed E-state index contributed by atoms with van der Waals surface area (Å²) in [6.45, 7) is -0.456. The van der Waals surface area contributed by atoms with E-state index in [1.165, 1.54) is 6.07 Å². The monoisotopic (exact) mass is 306 g/mol. The number of alkyl halides is 4. The predicted molar refractivity (Wildman–Crippen MR) is 62.7 cm³/mol. The van der Waals surface area contributed by atoms with Crippen LogP contribution >= 0.6 is 15.9 Å². The highest BCUT2D eigenvalue weighted by Crippen LogP contribution is 2.30. The molecular weight excluding hydrogens is 297 g/mol. The van der Waals surface area contributed by atoms with Crippen molar-refractivity contribution in [3.63, 3.8) is 0 Å². The van der Waals surface area contributed by atoms with Gasteiger partial charge in [-0.15, -0.1) is 0 Å². The minimum absolute atomic E-state index is 0.196. The van der Waals surface area contributed by atoms with E-state index >= 15 is 0 Å². The molecule has 0 amide bonds. The Hall–Kier alpha value is -0.990. The lowest BCUT2D eigenvalue weighted by atomic mass is 10.0. The molecule has 0 saturated carbocycles. The van der Waals surface area contributed by atoms with E-state index in [2.05, 4.69) is 27.8 Å². The Balaban J connectivity index is 3.07. The normalized spacial score (nSPS) is 10.9. The summed E-state index contributed by atoms with van der Waals surface area (Å²) >= 11 is 3.20. The Morgan fingerprint density at radius 2 is 2.00 bits per heavy atom. The molecule has 5 heteroatoms. The summed E-state index contributed by atoms with van der Waals surface area (Å²) in [6, 6.07) is 3.19. The first-order chi connectivity index (χ1) is 7.99. The zero-order valence-electron chi connectivity index (χ0n) is 8.81. The molecule has 0 aliphatic rings. The first-order valence-corrected chi connectivity index (χ1v) is 5.97. The van der Waals surface area contributed by atoms with Gasteiger partial charge >= 0.3 is 6.18 Å². The summed E-state index contributed by atoms with van der Waals surface area (Å²) < 4.78 is 37.3. The smallest absolute Gasteiger partial charge is 0.392 e. The van der Waals surface area contributed by atoms with E-state index < -0.39 is 18.3 Å². The van der Waals surface area contributed by atoms with Crippen LogP contribution in [0.3, 0.4) is 0 Å². The van der Waals surface area contributed by atoms with Crippen molar-refractivity contribution in [1.82, 2.24) is 0 Å². The standard InChI is InChI=1S/C12H10BrF3O/c13-6-2-1-3-9-4-5-11(12(14,15)16)7-10(9)8-17/h4-5,7,17H,2,6,8H2. The second-order valence-electron chi connectivity index (χ2n) is 3.27. The van der Waals surface area contributed by atoms with Crippen molar-refractivity contribution in [2.45, 2.75) is 19.2 Å². The molecule has 0 heterocycles. The number of hydrogen-bond acceptors (Lipinski definition) is 1. The van der Waals surface area contributed by atoms with Crippen molar-refractivity contribution >= 4 is 15.9 Å². The SMILES string of the molecule is OCc1cc(C(F)(F)F)ccc1C#CCCBr. The fraction of sp³-hybridized carbons (Fsp3) is 0.333. The topological polar surface area (TPSA) is 20.2 Å². The van der Waals surface area contributed by atoms with Gasteiger partial charge in [0.15, 0.2) is 0 Å². The number of aliphatic hydroxyl groups is 1. The van der Waals surface area contributed by atoms with Gasteiger partial charge < -0.3 is 5.11 Å². The Labute approximate surface area is 106 Å². The second-order valence-corrected chi connectivity index (χ2v) is 4.06. The Kier molecular flexibility index (Phi) is 5.03. The Morgan fingerprint density at radius 1 is 1.29 bits per heavy atom. The van der Waals surface area contributed by atoms with Gasteiger partial charge in [0.1, 0.15) is 0 Å². The van der Waals surface area contributed by atoms with Crippen LogP contribution < -0.4 is 0 Å². The molecule has 0 radical (unpaired) electrons. The molecule has 1 aromatic rings. The second kappa shape index (κ2) is 6.08. The van der Waals surface area contributed by atoms with Crippen LogP contribution in [0.25, 0.3) is 0 Å². The van der Waals surface area contributed by atoms with Crippen LogP contribution in [0.2, 0.25) is 0 Å². The number of hydrogen-bond donors (Lipinski definition) is 1. The Bertz CT molecular complexity index is 443. The molecule has 0 unspecified atom stereocenters. The van der Waals surface area contributed by atoms with Gasteiger partial charge in [-0.2, -0.15) is 13.2 Å². The quantitative estimate of drug-likeness (QED) is 0.656. The minimum atomic E-state index is -4.40. The summed E-state index contributed by atoms with van der Waals surface area (Å²) in [5, 5.41) is 9.72. The van der Waals surface area contributed by atoms with Crippen molar-refractivity contribution in [3.05, 3.63) is 34.9 Å². The van der Waals surface area contributed by atoms with Gasteiger partial charge in [-0.3, -0.25) is 0 Å². The van der Waals surface area contributed by atoms with E-state index in [4.69, 9.17) is 5.11 Å². The van der Waals surface area contributed by atoms with E-state index in [1.54, 1.807) is 0 Å². The fourth-order valence-corrected chi connectivity index (χ4v) is 1.43. The average molecular weight is 307 g/mol. The molecule has 0 fully saturated rings. The van der Waals surface area contributed by atoms with Crippen molar-refractivity contribution in [2.75, 3.05) is 5.33 Å². The molecule has 0 aliphatic heterocycles. The first-order valence-electron chi connectivity index (χ1n) is 4.85. The van der Waals surface area contributed by atoms with Gasteiger partial charge in [0.05, 0.1) is 12.2 Å². The average Bonchev–Trinajstić information content (AvgIpc) is 2.28. The third kappa shape index (κ3) is 4.06. The molecule has 0 bridgehead atoms. The molecule has 1 aromatic carbocycles. The summed E-state index contributed by atoms with van der Waals surface area (Å²) in [5.74, 6) is 5.53. The maximum atomic E-state index is 12.4. The maximum Gasteiger partial charge on any atom is 0.416 e. The number of aliphatic hydroxyl groups excluding tert-OH is 1. The molecule has 0 saturated heterocycles. The van der Waals surface area contributed by atoms with Crippen molar-refractivity contribution < 1.29 is 18.3 Å². The van der Waals surface area contributed by atoms with Crippen molar-refractivity contribution in [3.8, 4) is 11.8 Å². The van der Waals surface area contributed by atoms with E-state index in [0.29, 0.717) is 17.3 Å². The van der Waals surface area contributed by atoms with Gasteiger partial charge in [-0.05, 0) is 23.8 Å². The zero-order valence-corrected chi connectivity index (χ0v) is 10.4. The highest BCUT2D eigenvalue weighted by atomic mass is 79.9. The number of halogens is 4. The highest BCUT2D eigenvalue weighted by Gasteiger charge is 2.30. The van der Waals surface area contributed by atoms with Gasteiger partial charge in [-0.25, -0.2) is 0 Å². The molecule has 0 atom stereocenters.